The Kier molecular flexibility index (Phi) is 4.25. The Hall–Kier alpha value is -1.75. The molecule has 2 heterocycles. The second kappa shape index (κ2) is 6.16. The van der Waals surface area contributed by atoms with Crippen molar-refractivity contribution >= 4 is 5.91 Å². The standard InChI is InChI=1S/C17H23NO4/c1-17(2)11-12-5-3-6-13(15(12)22-17)21-10-8-18-16(19)14-7-4-9-20-14/h3,5-6,14H,4,7-11H2,1-2H3,(H,18,19). The van der Waals surface area contributed by atoms with E-state index < -0.39 is 0 Å². The van der Waals surface area contributed by atoms with E-state index in [4.69, 9.17) is 14.2 Å². The summed E-state index contributed by atoms with van der Waals surface area (Å²) in [5, 5.41) is 2.85. The first-order valence-corrected chi connectivity index (χ1v) is 7.88. The van der Waals surface area contributed by atoms with Crippen LogP contribution in [0.1, 0.15) is 32.3 Å². The molecule has 5 heteroatoms. The molecule has 0 aliphatic carbocycles. The van der Waals surface area contributed by atoms with E-state index >= 15 is 0 Å². The first-order valence-electron chi connectivity index (χ1n) is 7.88. The van der Waals surface area contributed by atoms with E-state index in [0.29, 0.717) is 19.8 Å². The molecule has 0 aromatic heterocycles. The molecular weight excluding hydrogens is 282 g/mol. The number of hydrogen-bond acceptors (Lipinski definition) is 4. The van der Waals surface area contributed by atoms with Gasteiger partial charge in [-0.15, -0.1) is 0 Å². The van der Waals surface area contributed by atoms with Crippen LogP contribution in [0, 0.1) is 0 Å². The molecule has 0 spiro atoms. The van der Waals surface area contributed by atoms with Crippen LogP contribution in [0.5, 0.6) is 11.5 Å². The van der Waals surface area contributed by atoms with Crippen molar-refractivity contribution in [3.8, 4) is 11.5 Å². The second-order valence-electron chi connectivity index (χ2n) is 6.42. The van der Waals surface area contributed by atoms with Crippen LogP contribution in [0.4, 0.5) is 0 Å². The Balaban J connectivity index is 1.49. The van der Waals surface area contributed by atoms with Gasteiger partial charge in [0.05, 0.1) is 6.54 Å². The number of ether oxygens (including phenoxy) is 3. The van der Waals surface area contributed by atoms with E-state index in [1.807, 2.05) is 12.1 Å². The third-order valence-electron chi connectivity index (χ3n) is 3.94. The van der Waals surface area contributed by atoms with Crippen LogP contribution in [-0.2, 0) is 16.0 Å². The summed E-state index contributed by atoms with van der Waals surface area (Å²) >= 11 is 0. The first-order chi connectivity index (χ1) is 10.6. The van der Waals surface area contributed by atoms with Crippen molar-refractivity contribution in [3.63, 3.8) is 0 Å². The third-order valence-corrected chi connectivity index (χ3v) is 3.94. The minimum atomic E-state index is -0.287. The number of hydrogen-bond donors (Lipinski definition) is 1. The molecule has 2 aliphatic heterocycles. The molecule has 1 saturated heterocycles. The molecule has 1 unspecified atom stereocenters. The molecule has 120 valence electrons. The quantitative estimate of drug-likeness (QED) is 0.846. The van der Waals surface area contributed by atoms with Crippen molar-refractivity contribution in [2.24, 2.45) is 0 Å². The number of amides is 1. The lowest BCUT2D eigenvalue weighted by Crippen LogP contribution is -2.36. The Bertz CT molecular complexity index is 550. The number of carbonyl (C=O) groups excluding carboxylic acids is 1. The minimum absolute atomic E-state index is 0.0447. The van der Waals surface area contributed by atoms with Gasteiger partial charge in [0.25, 0.3) is 0 Å². The lowest BCUT2D eigenvalue weighted by atomic mass is 10.0. The maximum absolute atomic E-state index is 11.8. The summed E-state index contributed by atoms with van der Waals surface area (Å²) in [6, 6.07) is 5.95. The zero-order valence-corrected chi connectivity index (χ0v) is 13.2. The summed E-state index contributed by atoms with van der Waals surface area (Å²) in [5.74, 6) is 1.53. The molecule has 5 nitrogen and oxygen atoms in total. The van der Waals surface area contributed by atoms with Crippen molar-refractivity contribution in [3.05, 3.63) is 23.8 Å². The highest BCUT2D eigenvalue weighted by Crippen LogP contribution is 2.41. The summed E-state index contributed by atoms with van der Waals surface area (Å²) in [4.78, 5) is 11.8. The summed E-state index contributed by atoms with van der Waals surface area (Å²) in [7, 11) is 0. The molecular formula is C17H23NO4. The Morgan fingerprint density at radius 1 is 1.45 bits per heavy atom. The predicted octanol–water partition coefficient (Wildman–Crippen LogP) is 2.07. The maximum Gasteiger partial charge on any atom is 0.249 e. The van der Waals surface area contributed by atoms with Crippen LogP contribution in [0.3, 0.4) is 0 Å². The molecule has 1 fully saturated rings. The molecule has 22 heavy (non-hydrogen) atoms. The van der Waals surface area contributed by atoms with Crippen LogP contribution >= 0.6 is 0 Å². The van der Waals surface area contributed by atoms with E-state index in [1.165, 1.54) is 5.56 Å². The van der Waals surface area contributed by atoms with Crippen molar-refractivity contribution in [2.75, 3.05) is 19.8 Å². The average Bonchev–Trinajstić information content (AvgIpc) is 3.09. The largest absolute Gasteiger partial charge is 0.488 e. The molecule has 0 bridgehead atoms. The molecule has 3 rings (SSSR count). The Labute approximate surface area is 130 Å². The smallest absolute Gasteiger partial charge is 0.249 e. The maximum atomic E-state index is 11.8. The lowest BCUT2D eigenvalue weighted by molar-refractivity contribution is -0.130. The van der Waals surface area contributed by atoms with Crippen molar-refractivity contribution in [2.45, 2.75) is 44.8 Å². The van der Waals surface area contributed by atoms with Crippen LogP contribution < -0.4 is 14.8 Å². The molecule has 1 aromatic carbocycles. The molecule has 0 saturated carbocycles. The second-order valence-corrected chi connectivity index (χ2v) is 6.42. The number of fused-ring (bicyclic) bond motifs is 1. The number of rotatable bonds is 5. The highest BCUT2D eigenvalue weighted by Gasteiger charge is 2.32. The van der Waals surface area contributed by atoms with Gasteiger partial charge in [-0.2, -0.15) is 0 Å². The normalized spacial score (nSPS) is 22.0. The van der Waals surface area contributed by atoms with Crippen molar-refractivity contribution in [1.82, 2.24) is 5.32 Å². The minimum Gasteiger partial charge on any atom is -0.488 e. The van der Waals surface area contributed by atoms with Crippen molar-refractivity contribution in [1.29, 1.82) is 0 Å². The number of nitrogens with one attached hydrogen (secondary N) is 1. The van der Waals surface area contributed by atoms with Gasteiger partial charge in [0.1, 0.15) is 18.3 Å². The number of benzene rings is 1. The van der Waals surface area contributed by atoms with Gasteiger partial charge in [0.2, 0.25) is 5.91 Å². The predicted molar refractivity (Wildman–Crippen MR) is 82.3 cm³/mol. The van der Waals surface area contributed by atoms with Gasteiger partial charge in [0.15, 0.2) is 11.5 Å². The highest BCUT2D eigenvalue weighted by atomic mass is 16.5. The topological polar surface area (TPSA) is 56.8 Å². The summed E-state index contributed by atoms with van der Waals surface area (Å²) < 4.78 is 17.1. The SMILES string of the molecule is CC1(C)Cc2cccc(OCCNC(=O)C3CCCO3)c2O1. The van der Waals surface area contributed by atoms with Gasteiger partial charge in [-0.1, -0.05) is 12.1 Å². The molecule has 1 N–H and O–H groups in total. The van der Waals surface area contributed by atoms with Gasteiger partial charge in [-0.05, 0) is 32.8 Å². The zero-order chi connectivity index (χ0) is 15.6. The van der Waals surface area contributed by atoms with E-state index in [-0.39, 0.29) is 17.6 Å². The monoisotopic (exact) mass is 305 g/mol. The summed E-state index contributed by atoms with van der Waals surface area (Å²) in [6.07, 6.45) is 2.36. The van der Waals surface area contributed by atoms with Gasteiger partial charge >= 0.3 is 0 Å². The fourth-order valence-corrected chi connectivity index (χ4v) is 2.93. The Morgan fingerprint density at radius 3 is 3.09 bits per heavy atom. The van der Waals surface area contributed by atoms with Crippen LogP contribution in [0.2, 0.25) is 0 Å². The fourth-order valence-electron chi connectivity index (χ4n) is 2.93. The van der Waals surface area contributed by atoms with Crippen molar-refractivity contribution < 1.29 is 19.0 Å². The summed E-state index contributed by atoms with van der Waals surface area (Å²) in [6.45, 7) is 5.69. The number of carbonyl (C=O) groups is 1. The molecule has 1 atom stereocenters. The van der Waals surface area contributed by atoms with Crippen LogP contribution in [0.15, 0.2) is 18.2 Å². The average molecular weight is 305 g/mol. The van der Waals surface area contributed by atoms with Gasteiger partial charge in [-0.3, -0.25) is 4.79 Å². The van der Waals surface area contributed by atoms with E-state index in [0.717, 1.165) is 30.8 Å². The first kappa shape index (κ1) is 15.2. The molecule has 1 aromatic rings. The lowest BCUT2D eigenvalue weighted by Gasteiger charge is -2.18. The fraction of sp³-hybridized carbons (Fsp3) is 0.588. The molecule has 1 amide bonds. The zero-order valence-electron chi connectivity index (χ0n) is 13.2. The Morgan fingerprint density at radius 2 is 2.32 bits per heavy atom. The van der Waals surface area contributed by atoms with E-state index in [9.17, 15) is 4.79 Å². The third kappa shape index (κ3) is 3.35. The highest BCUT2D eigenvalue weighted by molar-refractivity contribution is 5.80. The van der Waals surface area contributed by atoms with Crippen LogP contribution in [-0.4, -0.2) is 37.4 Å². The molecule has 2 aliphatic rings. The summed E-state index contributed by atoms with van der Waals surface area (Å²) in [5.41, 5.74) is 0.987. The number of para-hydroxylation sites is 1. The van der Waals surface area contributed by atoms with Gasteiger partial charge in [-0.25, -0.2) is 0 Å². The van der Waals surface area contributed by atoms with Gasteiger partial charge in [0, 0.05) is 18.6 Å². The van der Waals surface area contributed by atoms with E-state index in [2.05, 4.69) is 25.2 Å². The van der Waals surface area contributed by atoms with Crippen LogP contribution in [0.25, 0.3) is 0 Å². The van der Waals surface area contributed by atoms with Gasteiger partial charge < -0.3 is 19.5 Å². The van der Waals surface area contributed by atoms with E-state index in [1.54, 1.807) is 0 Å². The molecule has 0 radical (unpaired) electrons.